The summed E-state index contributed by atoms with van der Waals surface area (Å²) in [7, 11) is 1.59. The second kappa shape index (κ2) is 7.60. The van der Waals surface area contributed by atoms with Crippen molar-refractivity contribution in [1.29, 1.82) is 0 Å². The van der Waals surface area contributed by atoms with Crippen molar-refractivity contribution in [3.63, 3.8) is 0 Å². The van der Waals surface area contributed by atoms with E-state index in [1.165, 1.54) is 0 Å². The lowest BCUT2D eigenvalue weighted by atomic mass is 10.1. The molecule has 0 atom stereocenters. The lowest BCUT2D eigenvalue weighted by Gasteiger charge is -2.36. The third-order valence-electron chi connectivity index (χ3n) is 4.79. The van der Waals surface area contributed by atoms with E-state index in [1.807, 2.05) is 54.3 Å². The number of hydrogen-bond acceptors (Lipinski definition) is 4. The van der Waals surface area contributed by atoms with Crippen LogP contribution in [-0.4, -0.2) is 49.9 Å². The van der Waals surface area contributed by atoms with Gasteiger partial charge in [-0.2, -0.15) is 0 Å². The molecular formula is C21H24N2O3. The van der Waals surface area contributed by atoms with E-state index in [0.29, 0.717) is 30.0 Å². The Labute approximate surface area is 154 Å². The van der Waals surface area contributed by atoms with Gasteiger partial charge in [-0.25, -0.2) is 0 Å². The summed E-state index contributed by atoms with van der Waals surface area (Å²) in [6, 6.07) is 13.3. The van der Waals surface area contributed by atoms with Crippen molar-refractivity contribution in [1.82, 2.24) is 4.90 Å². The number of methoxy groups -OCH3 is 1. The average molecular weight is 352 g/mol. The lowest BCUT2D eigenvalue weighted by molar-refractivity contribution is 0.0743. The maximum Gasteiger partial charge on any atom is 0.257 e. The number of Topliss-reactive ketones (excluding diaryl/α,β-unsaturated/α-hetero) is 1. The first-order chi connectivity index (χ1) is 12.5. The summed E-state index contributed by atoms with van der Waals surface area (Å²) < 4.78 is 5.35. The van der Waals surface area contributed by atoms with Gasteiger partial charge < -0.3 is 14.5 Å². The number of ether oxygens (including phenoxy) is 1. The second-order valence-electron chi connectivity index (χ2n) is 6.59. The molecule has 0 unspecified atom stereocenters. The Morgan fingerprint density at radius 1 is 0.962 bits per heavy atom. The molecule has 0 radical (unpaired) electrons. The Morgan fingerprint density at radius 2 is 1.62 bits per heavy atom. The number of piperazine rings is 1. The minimum Gasteiger partial charge on any atom is -0.496 e. The molecule has 0 N–H and O–H groups in total. The van der Waals surface area contributed by atoms with E-state index in [9.17, 15) is 9.59 Å². The summed E-state index contributed by atoms with van der Waals surface area (Å²) in [5.74, 6) is 0.694. The largest absolute Gasteiger partial charge is 0.496 e. The quantitative estimate of drug-likeness (QED) is 0.793. The first kappa shape index (κ1) is 18.0. The topological polar surface area (TPSA) is 49.9 Å². The summed E-state index contributed by atoms with van der Waals surface area (Å²) in [6.45, 7) is 6.38. The molecule has 1 amide bonds. The third-order valence-corrected chi connectivity index (χ3v) is 4.79. The fourth-order valence-electron chi connectivity index (χ4n) is 3.23. The number of carbonyl (C=O) groups excluding carboxylic acids is 2. The first-order valence-electron chi connectivity index (χ1n) is 8.79. The summed E-state index contributed by atoms with van der Waals surface area (Å²) in [5, 5.41) is 0. The van der Waals surface area contributed by atoms with Crippen molar-refractivity contribution in [2.75, 3.05) is 38.2 Å². The lowest BCUT2D eigenvalue weighted by Crippen LogP contribution is -2.48. The van der Waals surface area contributed by atoms with Crippen molar-refractivity contribution in [2.45, 2.75) is 13.8 Å². The summed E-state index contributed by atoms with van der Waals surface area (Å²) in [4.78, 5) is 28.4. The Bertz CT molecular complexity index is 807. The molecule has 2 aromatic carbocycles. The third kappa shape index (κ3) is 3.72. The van der Waals surface area contributed by atoms with Crippen LogP contribution >= 0.6 is 0 Å². The van der Waals surface area contributed by atoms with Gasteiger partial charge in [0.05, 0.1) is 12.7 Å². The van der Waals surface area contributed by atoms with Gasteiger partial charge in [-0.1, -0.05) is 11.6 Å². The van der Waals surface area contributed by atoms with Crippen LogP contribution in [0, 0.1) is 6.92 Å². The van der Waals surface area contributed by atoms with Gasteiger partial charge >= 0.3 is 0 Å². The Morgan fingerprint density at radius 3 is 2.19 bits per heavy atom. The zero-order valence-corrected chi connectivity index (χ0v) is 15.5. The van der Waals surface area contributed by atoms with Crippen LogP contribution < -0.4 is 9.64 Å². The molecule has 2 aromatic rings. The highest BCUT2D eigenvalue weighted by Gasteiger charge is 2.24. The van der Waals surface area contributed by atoms with E-state index in [4.69, 9.17) is 4.74 Å². The van der Waals surface area contributed by atoms with Crippen LogP contribution in [0.4, 0.5) is 5.69 Å². The van der Waals surface area contributed by atoms with Crippen molar-refractivity contribution in [2.24, 2.45) is 0 Å². The van der Waals surface area contributed by atoms with E-state index >= 15 is 0 Å². The number of carbonyl (C=O) groups is 2. The molecule has 1 heterocycles. The SMILES string of the molecule is COc1ccc(C)cc1C(=O)N1CCN(c2ccc(C(C)=O)cc2)CC1. The van der Waals surface area contributed by atoms with Crippen LogP contribution in [0.25, 0.3) is 0 Å². The fourth-order valence-corrected chi connectivity index (χ4v) is 3.23. The molecule has 136 valence electrons. The van der Waals surface area contributed by atoms with Gasteiger partial charge in [0, 0.05) is 37.4 Å². The monoisotopic (exact) mass is 352 g/mol. The van der Waals surface area contributed by atoms with Gasteiger partial charge in [0.1, 0.15) is 5.75 Å². The molecule has 5 heteroatoms. The van der Waals surface area contributed by atoms with Crippen LogP contribution in [0.15, 0.2) is 42.5 Å². The second-order valence-corrected chi connectivity index (χ2v) is 6.59. The predicted molar refractivity (Wildman–Crippen MR) is 102 cm³/mol. The highest BCUT2D eigenvalue weighted by atomic mass is 16.5. The van der Waals surface area contributed by atoms with E-state index in [0.717, 1.165) is 24.3 Å². The van der Waals surface area contributed by atoms with Gasteiger partial charge in [-0.15, -0.1) is 0 Å². The van der Waals surface area contributed by atoms with Gasteiger partial charge in [0.15, 0.2) is 5.78 Å². The van der Waals surface area contributed by atoms with Crippen LogP contribution in [0.1, 0.15) is 33.2 Å². The Kier molecular flexibility index (Phi) is 5.26. The molecular weight excluding hydrogens is 328 g/mol. The van der Waals surface area contributed by atoms with Gasteiger partial charge in [-0.05, 0) is 50.2 Å². The predicted octanol–water partition coefficient (Wildman–Crippen LogP) is 3.17. The number of rotatable bonds is 4. The number of hydrogen-bond donors (Lipinski definition) is 0. The fraction of sp³-hybridized carbons (Fsp3) is 0.333. The minimum absolute atomic E-state index is 0.0112. The zero-order valence-electron chi connectivity index (χ0n) is 15.5. The van der Waals surface area contributed by atoms with Crippen molar-refractivity contribution >= 4 is 17.4 Å². The molecule has 0 spiro atoms. The molecule has 0 aliphatic carbocycles. The molecule has 5 nitrogen and oxygen atoms in total. The number of benzene rings is 2. The number of amides is 1. The van der Waals surface area contributed by atoms with Crippen molar-refractivity contribution < 1.29 is 14.3 Å². The molecule has 0 saturated carbocycles. The highest BCUT2D eigenvalue weighted by Crippen LogP contribution is 2.23. The van der Waals surface area contributed by atoms with Gasteiger partial charge in [0.2, 0.25) is 0 Å². The standard InChI is InChI=1S/C21H24N2O3/c1-15-4-9-20(26-3)19(14-15)21(25)23-12-10-22(11-13-23)18-7-5-17(6-8-18)16(2)24/h4-9,14H,10-13H2,1-3H3. The average Bonchev–Trinajstić information content (AvgIpc) is 2.67. The van der Waals surface area contributed by atoms with E-state index in [1.54, 1.807) is 14.0 Å². The van der Waals surface area contributed by atoms with Crippen LogP contribution in [-0.2, 0) is 0 Å². The van der Waals surface area contributed by atoms with Crippen LogP contribution in [0.3, 0.4) is 0 Å². The molecule has 0 bridgehead atoms. The molecule has 1 aliphatic rings. The summed E-state index contributed by atoms with van der Waals surface area (Å²) in [6.07, 6.45) is 0. The van der Waals surface area contributed by atoms with E-state index in [-0.39, 0.29) is 11.7 Å². The molecule has 1 saturated heterocycles. The summed E-state index contributed by atoms with van der Waals surface area (Å²) in [5.41, 5.74) is 3.45. The summed E-state index contributed by atoms with van der Waals surface area (Å²) >= 11 is 0. The van der Waals surface area contributed by atoms with Crippen LogP contribution in [0.5, 0.6) is 5.75 Å². The smallest absolute Gasteiger partial charge is 0.257 e. The molecule has 1 aliphatic heterocycles. The number of anilines is 1. The number of nitrogens with zero attached hydrogens (tertiary/aromatic N) is 2. The molecule has 0 aromatic heterocycles. The Balaban J connectivity index is 1.67. The van der Waals surface area contributed by atoms with E-state index < -0.39 is 0 Å². The number of aryl methyl sites for hydroxylation is 1. The van der Waals surface area contributed by atoms with E-state index in [2.05, 4.69) is 4.90 Å². The zero-order chi connectivity index (χ0) is 18.7. The maximum atomic E-state index is 12.9. The maximum absolute atomic E-state index is 12.9. The van der Waals surface area contributed by atoms with Gasteiger partial charge in [0.25, 0.3) is 5.91 Å². The first-order valence-corrected chi connectivity index (χ1v) is 8.79. The molecule has 26 heavy (non-hydrogen) atoms. The Hall–Kier alpha value is -2.82. The van der Waals surface area contributed by atoms with Crippen molar-refractivity contribution in [3.8, 4) is 5.75 Å². The number of ketones is 1. The van der Waals surface area contributed by atoms with Crippen LogP contribution in [0.2, 0.25) is 0 Å². The minimum atomic E-state index is 0.0112. The van der Waals surface area contributed by atoms with Gasteiger partial charge in [-0.3, -0.25) is 9.59 Å². The normalized spacial score (nSPS) is 14.3. The molecule has 1 fully saturated rings. The molecule has 3 rings (SSSR count). The highest BCUT2D eigenvalue weighted by molar-refractivity contribution is 5.97. The van der Waals surface area contributed by atoms with Crippen molar-refractivity contribution in [3.05, 3.63) is 59.2 Å².